The molecule has 0 unspecified atom stereocenters. The Morgan fingerprint density at radius 1 is 1.26 bits per heavy atom. The molecule has 3 aromatic rings. The molecule has 226 valence electrons. The lowest BCUT2D eigenvalue weighted by Gasteiger charge is -2.33. The van der Waals surface area contributed by atoms with E-state index >= 15 is 0 Å². The van der Waals surface area contributed by atoms with Gasteiger partial charge >= 0.3 is 0 Å². The number of amides is 2. The highest BCUT2D eigenvalue weighted by atomic mass is 32.2. The maximum Gasteiger partial charge on any atom is 0.246 e. The molecule has 0 fully saturated rings. The Kier molecular flexibility index (Phi) is 9.75. The Morgan fingerprint density at radius 3 is 2.64 bits per heavy atom. The third-order valence-corrected chi connectivity index (χ3v) is 8.94. The summed E-state index contributed by atoms with van der Waals surface area (Å²) in [5.74, 6) is 0.0240. The number of nitrogens with one attached hydrogen (secondary N) is 1. The second kappa shape index (κ2) is 13.3. The Bertz CT molecular complexity index is 1480. The van der Waals surface area contributed by atoms with Gasteiger partial charge in [-0.1, -0.05) is 6.92 Å². The van der Waals surface area contributed by atoms with E-state index in [4.69, 9.17) is 9.47 Å². The fourth-order valence-corrected chi connectivity index (χ4v) is 5.79. The molecule has 14 nitrogen and oxygen atoms in total. The molecule has 0 bridgehead atoms. The molecule has 42 heavy (non-hydrogen) atoms. The van der Waals surface area contributed by atoms with Gasteiger partial charge in [0.25, 0.3) is 0 Å². The number of carbonyl (C=O) groups is 2. The van der Waals surface area contributed by atoms with Gasteiger partial charge in [-0.25, -0.2) is 13.1 Å². The zero-order valence-corrected chi connectivity index (χ0v) is 24.7. The lowest BCUT2D eigenvalue weighted by atomic mass is 10.0. The van der Waals surface area contributed by atoms with Crippen molar-refractivity contribution in [3.05, 3.63) is 54.4 Å². The van der Waals surface area contributed by atoms with Gasteiger partial charge in [-0.15, -0.1) is 5.10 Å². The van der Waals surface area contributed by atoms with Crippen molar-refractivity contribution in [3.63, 3.8) is 0 Å². The molecule has 1 aromatic heterocycles. The summed E-state index contributed by atoms with van der Waals surface area (Å²) in [6, 6.07) is 10.6. The summed E-state index contributed by atoms with van der Waals surface area (Å²) in [6.45, 7) is 3.52. The van der Waals surface area contributed by atoms with Crippen molar-refractivity contribution in [2.24, 2.45) is 5.92 Å². The van der Waals surface area contributed by atoms with Crippen molar-refractivity contribution in [2.45, 2.75) is 43.9 Å². The highest BCUT2D eigenvalue weighted by molar-refractivity contribution is 7.89. The number of likely N-dealkylation sites (N-methyl/N-ethyl adjacent to an activating group) is 1. The van der Waals surface area contributed by atoms with E-state index in [2.05, 4.69) is 20.8 Å². The van der Waals surface area contributed by atoms with Gasteiger partial charge in [0, 0.05) is 30.8 Å². The summed E-state index contributed by atoms with van der Waals surface area (Å²) in [6.07, 6.45) is 0.622. The smallest absolute Gasteiger partial charge is 0.246 e. The second-order valence-corrected chi connectivity index (χ2v) is 12.3. The predicted octanol–water partition coefficient (Wildman–Crippen LogP) is 0.790. The Balaban J connectivity index is 1.61. The maximum atomic E-state index is 13.4. The zero-order chi connectivity index (χ0) is 30.4. The van der Waals surface area contributed by atoms with Gasteiger partial charge in [-0.3, -0.25) is 9.59 Å². The molecule has 0 aliphatic carbocycles. The number of hydrogen-bond donors (Lipinski definition) is 2. The van der Waals surface area contributed by atoms with Gasteiger partial charge in [0.05, 0.1) is 37.6 Å². The van der Waals surface area contributed by atoms with Crippen molar-refractivity contribution in [1.29, 1.82) is 0 Å². The fraction of sp³-hybridized carbons (Fsp3) is 0.444. The topological polar surface area (TPSA) is 169 Å². The van der Waals surface area contributed by atoms with Gasteiger partial charge in [0.1, 0.15) is 30.5 Å². The van der Waals surface area contributed by atoms with Crippen LogP contribution in [0.2, 0.25) is 0 Å². The average molecular weight is 602 g/mol. The molecule has 2 N–H and O–H groups in total. The fourth-order valence-electron chi connectivity index (χ4n) is 4.60. The number of sulfonamides is 1. The van der Waals surface area contributed by atoms with E-state index in [1.807, 2.05) is 6.92 Å². The summed E-state index contributed by atoms with van der Waals surface area (Å²) < 4.78 is 40.8. The van der Waals surface area contributed by atoms with Crippen molar-refractivity contribution < 1.29 is 32.6 Å². The largest absolute Gasteiger partial charge is 0.497 e. The molecule has 4 rings (SSSR count). The Morgan fingerprint density at radius 2 is 2.00 bits per heavy atom. The van der Waals surface area contributed by atoms with Crippen LogP contribution < -0.4 is 14.8 Å². The number of benzene rings is 2. The minimum absolute atomic E-state index is 0.00503. The van der Waals surface area contributed by atoms with Crippen molar-refractivity contribution in [2.75, 3.05) is 39.2 Å². The van der Waals surface area contributed by atoms with Gasteiger partial charge in [-0.2, -0.15) is 4.31 Å². The number of methoxy groups -OCH3 is 1. The number of ether oxygens (including phenoxy) is 2. The number of anilines is 1. The van der Waals surface area contributed by atoms with E-state index in [1.54, 1.807) is 42.2 Å². The van der Waals surface area contributed by atoms with E-state index in [0.717, 1.165) is 0 Å². The number of rotatable bonds is 10. The number of aliphatic hydroxyl groups is 1. The minimum atomic E-state index is -3.87. The highest BCUT2D eigenvalue weighted by Gasteiger charge is 2.33. The predicted molar refractivity (Wildman–Crippen MR) is 151 cm³/mol. The van der Waals surface area contributed by atoms with Crippen LogP contribution in [0.25, 0.3) is 0 Å². The third-order valence-electron chi connectivity index (χ3n) is 7.10. The average Bonchev–Trinajstić information content (AvgIpc) is 3.49. The monoisotopic (exact) mass is 601 g/mol. The molecule has 0 spiro atoms. The van der Waals surface area contributed by atoms with E-state index in [1.165, 1.54) is 41.6 Å². The van der Waals surface area contributed by atoms with Crippen LogP contribution in [0, 0.1) is 5.92 Å². The SMILES string of the molecule is COc1ccc(S(=O)(=O)N(C)C[C@@H]2Oc3ccc(NC(=O)Cn4cnnn4)cc3CC(=O)N([C@H](C)CO)C[C@@H]2C)cc1. The highest BCUT2D eigenvalue weighted by Crippen LogP contribution is 2.30. The normalized spacial score (nSPS) is 18.3. The molecular weight excluding hydrogens is 566 g/mol. The number of fused-ring (bicyclic) bond motifs is 1. The Labute approximate surface area is 244 Å². The maximum absolute atomic E-state index is 13.4. The first kappa shape index (κ1) is 30.9. The quantitative estimate of drug-likeness (QED) is 0.339. The van der Waals surface area contributed by atoms with Crippen LogP contribution in [0.1, 0.15) is 19.4 Å². The van der Waals surface area contributed by atoms with Crippen molar-refractivity contribution in [3.8, 4) is 11.5 Å². The number of nitrogens with zero attached hydrogens (tertiary/aromatic N) is 6. The summed E-state index contributed by atoms with van der Waals surface area (Å²) in [4.78, 5) is 27.6. The Hall–Kier alpha value is -4.08. The number of carbonyl (C=O) groups excluding carboxylic acids is 2. The van der Waals surface area contributed by atoms with E-state index in [0.29, 0.717) is 22.7 Å². The lowest BCUT2D eigenvalue weighted by molar-refractivity contribution is -0.134. The molecular formula is C27H35N7O7S. The molecule has 1 aliphatic heterocycles. The van der Waals surface area contributed by atoms with Gasteiger partial charge < -0.3 is 24.8 Å². The van der Waals surface area contributed by atoms with Crippen LogP contribution in [0.15, 0.2) is 53.7 Å². The van der Waals surface area contributed by atoms with Gasteiger partial charge in [-0.05, 0) is 59.8 Å². The van der Waals surface area contributed by atoms with Crippen LogP contribution in [0.5, 0.6) is 11.5 Å². The first-order chi connectivity index (χ1) is 20.0. The van der Waals surface area contributed by atoms with Crippen LogP contribution in [-0.2, 0) is 32.6 Å². The number of aliphatic hydroxyl groups excluding tert-OH is 1. The van der Waals surface area contributed by atoms with Crippen molar-refractivity contribution in [1.82, 2.24) is 29.4 Å². The lowest BCUT2D eigenvalue weighted by Crippen LogP contribution is -2.48. The molecule has 3 atom stereocenters. The number of tetrazole rings is 1. The summed E-state index contributed by atoms with van der Waals surface area (Å²) in [7, 11) is -0.887. The standard InChI is InChI=1S/C27H35N7O7S/c1-18-13-34(19(2)16-35)27(37)12-20-11-21(29-26(36)15-33-17-28-30-31-33)5-10-24(20)41-25(18)14-32(3)42(38,39)23-8-6-22(40-4)7-9-23/h5-11,17-19,25,35H,12-16H2,1-4H3,(H,29,36)/t18-,19+,25-/m0/s1. The van der Waals surface area contributed by atoms with Crippen LogP contribution >= 0.6 is 0 Å². The van der Waals surface area contributed by atoms with Gasteiger partial charge in [0.2, 0.25) is 21.8 Å². The van der Waals surface area contributed by atoms with Crippen LogP contribution in [-0.4, -0.2) is 101 Å². The summed E-state index contributed by atoms with van der Waals surface area (Å²) >= 11 is 0. The number of aromatic nitrogens is 4. The first-order valence-corrected chi connectivity index (χ1v) is 14.8. The number of hydrogen-bond acceptors (Lipinski definition) is 10. The molecule has 0 saturated heterocycles. The van der Waals surface area contributed by atoms with E-state index in [9.17, 15) is 23.1 Å². The third kappa shape index (κ3) is 7.21. The van der Waals surface area contributed by atoms with Crippen molar-refractivity contribution >= 4 is 27.5 Å². The van der Waals surface area contributed by atoms with E-state index < -0.39 is 22.2 Å². The molecule has 0 radical (unpaired) electrons. The molecule has 1 aliphatic rings. The minimum Gasteiger partial charge on any atom is -0.497 e. The first-order valence-electron chi connectivity index (χ1n) is 13.3. The molecule has 2 heterocycles. The van der Waals surface area contributed by atoms with Gasteiger partial charge in [0.15, 0.2) is 0 Å². The molecule has 0 saturated carbocycles. The van der Waals surface area contributed by atoms with Crippen LogP contribution in [0.4, 0.5) is 5.69 Å². The van der Waals surface area contributed by atoms with E-state index in [-0.39, 0.29) is 55.3 Å². The zero-order valence-electron chi connectivity index (χ0n) is 23.9. The molecule has 2 amide bonds. The molecule has 2 aromatic carbocycles. The second-order valence-electron chi connectivity index (χ2n) is 10.2. The molecule has 15 heteroatoms. The summed E-state index contributed by atoms with van der Waals surface area (Å²) in [5.41, 5.74) is 0.947. The van der Waals surface area contributed by atoms with Crippen LogP contribution in [0.3, 0.4) is 0 Å². The summed E-state index contributed by atoms with van der Waals surface area (Å²) in [5, 5.41) is 23.3.